The van der Waals surface area contributed by atoms with Gasteiger partial charge < -0.3 is 5.32 Å². The molecule has 1 nitrogen and oxygen atoms in total. The lowest BCUT2D eigenvalue weighted by atomic mass is 9.77. The fraction of sp³-hybridized carbons (Fsp3) is 1.00. The average molecular weight is 213 g/mol. The van der Waals surface area contributed by atoms with E-state index >= 15 is 0 Å². The minimum absolute atomic E-state index is 0.362. The molecule has 0 bridgehead atoms. The van der Waals surface area contributed by atoms with Crippen LogP contribution in [0.5, 0.6) is 0 Å². The van der Waals surface area contributed by atoms with Crippen LogP contribution in [-0.2, 0) is 0 Å². The Morgan fingerprint density at radius 3 is 1.73 bits per heavy atom. The number of hydrogen-bond donors (Lipinski definition) is 1. The van der Waals surface area contributed by atoms with Crippen LogP contribution in [0.4, 0.5) is 0 Å². The quantitative estimate of drug-likeness (QED) is 0.742. The highest BCUT2D eigenvalue weighted by Gasteiger charge is 2.26. The molecule has 2 unspecified atom stereocenters. The van der Waals surface area contributed by atoms with Crippen molar-refractivity contribution in [3.63, 3.8) is 0 Å². The summed E-state index contributed by atoms with van der Waals surface area (Å²) in [6, 6.07) is 0.620. The van der Waals surface area contributed by atoms with Crippen molar-refractivity contribution >= 4 is 0 Å². The van der Waals surface area contributed by atoms with Crippen molar-refractivity contribution in [2.75, 3.05) is 7.05 Å². The first-order valence-electron chi connectivity index (χ1n) is 6.23. The van der Waals surface area contributed by atoms with Crippen LogP contribution in [0.25, 0.3) is 0 Å². The van der Waals surface area contributed by atoms with Gasteiger partial charge in [-0.1, -0.05) is 48.5 Å². The van der Waals surface area contributed by atoms with Crippen LogP contribution in [0.3, 0.4) is 0 Å². The summed E-state index contributed by atoms with van der Waals surface area (Å²) in [7, 11) is 2.08. The first-order chi connectivity index (χ1) is 6.56. The normalized spacial score (nSPS) is 17.6. The van der Waals surface area contributed by atoms with Gasteiger partial charge in [0.15, 0.2) is 0 Å². The molecule has 92 valence electrons. The van der Waals surface area contributed by atoms with E-state index in [4.69, 9.17) is 0 Å². The van der Waals surface area contributed by atoms with E-state index in [1.54, 1.807) is 0 Å². The van der Waals surface area contributed by atoms with E-state index in [0.29, 0.717) is 16.9 Å². The van der Waals surface area contributed by atoms with Gasteiger partial charge in [-0.2, -0.15) is 0 Å². The molecule has 0 fully saturated rings. The van der Waals surface area contributed by atoms with Crippen LogP contribution in [0.1, 0.15) is 61.3 Å². The molecule has 1 heteroatoms. The standard InChI is InChI=1S/C14H31N/c1-11(10-13(2,3)4)9-12(15-8)14(5,6)7/h11-12,15H,9-10H2,1-8H3. The summed E-state index contributed by atoms with van der Waals surface area (Å²) in [5.74, 6) is 0.793. The Morgan fingerprint density at radius 2 is 1.47 bits per heavy atom. The second-order valence-corrected chi connectivity index (χ2v) is 7.31. The molecule has 0 radical (unpaired) electrons. The van der Waals surface area contributed by atoms with Crippen LogP contribution in [-0.4, -0.2) is 13.1 Å². The van der Waals surface area contributed by atoms with Gasteiger partial charge >= 0.3 is 0 Å². The summed E-state index contributed by atoms with van der Waals surface area (Å²) < 4.78 is 0. The van der Waals surface area contributed by atoms with Crippen LogP contribution >= 0.6 is 0 Å². The van der Waals surface area contributed by atoms with Crippen molar-refractivity contribution < 1.29 is 0 Å². The van der Waals surface area contributed by atoms with Gasteiger partial charge in [-0.25, -0.2) is 0 Å². The molecule has 15 heavy (non-hydrogen) atoms. The second-order valence-electron chi connectivity index (χ2n) is 7.31. The van der Waals surface area contributed by atoms with Gasteiger partial charge in [0.2, 0.25) is 0 Å². The average Bonchev–Trinajstić information content (AvgIpc) is 1.94. The molecule has 0 aliphatic heterocycles. The summed E-state index contributed by atoms with van der Waals surface area (Å²) in [4.78, 5) is 0. The molecule has 0 aromatic carbocycles. The van der Waals surface area contributed by atoms with E-state index in [9.17, 15) is 0 Å². The van der Waals surface area contributed by atoms with E-state index in [1.165, 1.54) is 12.8 Å². The van der Waals surface area contributed by atoms with Gasteiger partial charge in [0, 0.05) is 6.04 Å². The molecule has 0 rings (SSSR count). The van der Waals surface area contributed by atoms with Gasteiger partial charge in [-0.3, -0.25) is 0 Å². The molecule has 0 aromatic heterocycles. The third-order valence-electron chi connectivity index (χ3n) is 2.99. The Hall–Kier alpha value is -0.0400. The molecular formula is C14H31N. The van der Waals surface area contributed by atoms with Crippen LogP contribution < -0.4 is 5.32 Å². The maximum Gasteiger partial charge on any atom is 0.0115 e. The molecule has 0 aliphatic rings. The van der Waals surface area contributed by atoms with Crippen molar-refractivity contribution in [3.05, 3.63) is 0 Å². The maximum atomic E-state index is 3.46. The molecule has 0 aliphatic carbocycles. The molecule has 0 saturated carbocycles. The van der Waals surface area contributed by atoms with E-state index in [1.807, 2.05) is 0 Å². The number of nitrogens with one attached hydrogen (secondary N) is 1. The zero-order chi connectivity index (χ0) is 12.3. The molecule has 2 atom stereocenters. The lowest BCUT2D eigenvalue weighted by molar-refractivity contribution is 0.209. The first-order valence-corrected chi connectivity index (χ1v) is 6.23. The highest BCUT2D eigenvalue weighted by molar-refractivity contribution is 4.81. The Morgan fingerprint density at radius 1 is 1.00 bits per heavy atom. The van der Waals surface area contributed by atoms with E-state index < -0.39 is 0 Å². The molecule has 1 N–H and O–H groups in total. The van der Waals surface area contributed by atoms with Gasteiger partial charge in [-0.15, -0.1) is 0 Å². The lowest BCUT2D eigenvalue weighted by Crippen LogP contribution is -2.39. The van der Waals surface area contributed by atoms with Crippen molar-refractivity contribution in [2.45, 2.75) is 67.3 Å². The highest BCUT2D eigenvalue weighted by atomic mass is 14.9. The maximum absolute atomic E-state index is 3.46. The molecule has 0 spiro atoms. The highest BCUT2D eigenvalue weighted by Crippen LogP contribution is 2.30. The van der Waals surface area contributed by atoms with E-state index in [0.717, 1.165) is 5.92 Å². The zero-order valence-corrected chi connectivity index (χ0v) is 12.1. The van der Waals surface area contributed by atoms with Crippen LogP contribution in [0, 0.1) is 16.7 Å². The topological polar surface area (TPSA) is 12.0 Å². The number of hydrogen-bond acceptors (Lipinski definition) is 1. The van der Waals surface area contributed by atoms with Gasteiger partial charge in [0.05, 0.1) is 0 Å². The molecule has 0 saturated heterocycles. The van der Waals surface area contributed by atoms with Gasteiger partial charge in [0.1, 0.15) is 0 Å². The fourth-order valence-corrected chi connectivity index (χ4v) is 2.44. The Bertz CT molecular complexity index is 171. The monoisotopic (exact) mass is 213 g/mol. The Labute approximate surface area is 97.0 Å². The van der Waals surface area contributed by atoms with Gasteiger partial charge in [-0.05, 0) is 36.6 Å². The summed E-state index contributed by atoms with van der Waals surface area (Å²) >= 11 is 0. The fourth-order valence-electron chi connectivity index (χ4n) is 2.44. The van der Waals surface area contributed by atoms with Crippen molar-refractivity contribution in [1.82, 2.24) is 5.32 Å². The van der Waals surface area contributed by atoms with E-state index in [2.05, 4.69) is 60.8 Å². The third kappa shape index (κ3) is 6.94. The predicted molar refractivity (Wildman–Crippen MR) is 70.2 cm³/mol. The summed E-state index contributed by atoms with van der Waals surface area (Å²) in [5, 5.41) is 3.46. The van der Waals surface area contributed by atoms with E-state index in [-0.39, 0.29) is 0 Å². The summed E-state index contributed by atoms with van der Waals surface area (Å²) in [6.45, 7) is 16.3. The minimum Gasteiger partial charge on any atom is -0.316 e. The molecule has 0 amide bonds. The molecular weight excluding hydrogens is 182 g/mol. The third-order valence-corrected chi connectivity index (χ3v) is 2.99. The summed E-state index contributed by atoms with van der Waals surface area (Å²) in [6.07, 6.45) is 2.58. The zero-order valence-electron chi connectivity index (χ0n) is 12.1. The van der Waals surface area contributed by atoms with Gasteiger partial charge in [0.25, 0.3) is 0 Å². The largest absolute Gasteiger partial charge is 0.316 e. The van der Waals surface area contributed by atoms with Crippen molar-refractivity contribution in [2.24, 2.45) is 16.7 Å². The molecule has 0 heterocycles. The van der Waals surface area contributed by atoms with Crippen LogP contribution in [0.15, 0.2) is 0 Å². The SMILES string of the molecule is CNC(CC(C)CC(C)(C)C)C(C)(C)C. The van der Waals surface area contributed by atoms with Crippen molar-refractivity contribution in [1.29, 1.82) is 0 Å². The predicted octanol–water partition coefficient (Wildman–Crippen LogP) is 4.08. The Balaban J connectivity index is 4.20. The second kappa shape index (κ2) is 5.34. The van der Waals surface area contributed by atoms with Crippen LogP contribution in [0.2, 0.25) is 0 Å². The Kier molecular flexibility index (Phi) is 5.32. The summed E-state index contributed by atoms with van der Waals surface area (Å²) in [5.41, 5.74) is 0.816. The number of rotatable bonds is 4. The molecule has 0 aromatic rings. The minimum atomic E-state index is 0.362. The van der Waals surface area contributed by atoms with Crippen molar-refractivity contribution in [3.8, 4) is 0 Å². The first kappa shape index (κ1) is 15.0. The lowest BCUT2D eigenvalue weighted by Gasteiger charge is -2.34. The smallest absolute Gasteiger partial charge is 0.0115 e.